The van der Waals surface area contributed by atoms with Crippen LogP contribution in [0, 0.1) is 6.92 Å². The summed E-state index contributed by atoms with van der Waals surface area (Å²) in [5.41, 5.74) is 5.63. The lowest BCUT2D eigenvalue weighted by atomic mass is 9.87. The lowest BCUT2D eigenvalue weighted by Crippen LogP contribution is -2.10. The van der Waals surface area contributed by atoms with Crippen LogP contribution in [0.3, 0.4) is 0 Å². The molecule has 0 aliphatic rings. The van der Waals surface area contributed by atoms with Crippen LogP contribution >= 0.6 is 0 Å². The molecule has 5 heteroatoms. The highest BCUT2D eigenvalue weighted by Crippen LogP contribution is 2.26. The number of nitrogens with one attached hydrogen (secondary N) is 1. The SMILES string of the molecule is CCc1ccccc1Nc1cc(C)nc2nc(-c3ccc(C(C)(C)C)cc3)nn12. The van der Waals surface area contributed by atoms with Crippen molar-refractivity contribution in [3.63, 3.8) is 0 Å². The maximum atomic E-state index is 4.75. The van der Waals surface area contributed by atoms with Gasteiger partial charge in [-0.3, -0.25) is 0 Å². The maximum absolute atomic E-state index is 4.75. The number of anilines is 2. The molecule has 4 rings (SSSR count). The molecule has 0 unspecified atom stereocenters. The minimum Gasteiger partial charge on any atom is -0.340 e. The number of nitrogens with zero attached hydrogens (tertiary/aromatic N) is 4. The monoisotopic (exact) mass is 385 g/mol. The minimum atomic E-state index is 0.118. The van der Waals surface area contributed by atoms with E-state index in [0.717, 1.165) is 29.2 Å². The van der Waals surface area contributed by atoms with Gasteiger partial charge in [0.15, 0.2) is 5.82 Å². The van der Waals surface area contributed by atoms with Crippen molar-refractivity contribution in [1.29, 1.82) is 0 Å². The second kappa shape index (κ2) is 7.32. The molecule has 0 saturated carbocycles. The largest absolute Gasteiger partial charge is 0.340 e. The Kier molecular flexibility index (Phi) is 4.82. The zero-order valence-corrected chi connectivity index (χ0v) is 17.7. The minimum absolute atomic E-state index is 0.118. The molecule has 4 aromatic rings. The first-order chi connectivity index (χ1) is 13.8. The van der Waals surface area contributed by atoms with Gasteiger partial charge in [0.1, 0.15) is 5.82 Å². The van der Waals surface area contributed by atoms with Crippen molar-refractivity contribution in [3.05, 3.63) is 71.4 Å². The lowest BCUT2D eigenvalue weighted by molar-refractivity contribution is 0.590. The maximum Gasteiger partial charge on any atom is 0.254 e. The Hall–Kier alpha value is -3.21. The molecule has 0 radical (unpaired) electrons. The van der Waals surface area contributed by atoms with Crippen molar-refractivity contribution in [2.75, 3.05) is 5.32 Å². The Labute approximate surface area is 171 Å². The van der Waals surface area contributed by atoms with E-state index in [4.69, 9.17) is 5.10 Å². The first-order valence-electron chi connectivity index (χ1n) is 10.1. The van der Waals surface area contributed by atoms with Crippen molar-refractivity contribution in [2.24, 2.45) is 0 Å². The van der Waals surface area contributed by atoms with Crippen LogP contribution < -0.4 is 5.32 Å². The van der Waals surface area contributed by atoms with E-state index in [9.17, 15) is 0 Å². The highest BCUT2D eigenvalue weighted by molar-refractivity contribution is 5.64. The number of fused-ring (bicyclic) bond motifs is 1. The van der Waals surface area contributed by atoms with E-state index in [0.29, 0.717) is 11.6 Å². The molecule has 2 aromatic carbocycles. The van der Waals surface area contributed by atoms with E-state index in [1.807, 2.05) is 19.1 Å². The van der Waals surface area contributed by atoms with E-state index in [2.05, 4.69) is 85.4 Å². The third kappa shape index (κ3) is 3.86. The normalized spacial score (nSPS) is 11.8. The van der Waals surface area contributed by atoms with Gasteiger partial charge in [-0.15, -0.1) is 5.10 Å². The second-order valence-electron chi connectivity index (χ2n) is 8.39. The molecule has 0 saturated heterocycles. The first kappa shape index (κ1) is 19.1. The Morgan fingerprint density at radius 3 is 2.38 bits per heavy atom. The zero-order valence-electron chi connectivity index (χ0n) is 17.7. The van der Waals surface area contributed by atoms with Crippen LogP contribution in [0.15, 0.2) is 54.6 Å². The number of aromatic nitrogens is 4. The molecule has 2 heterocycles. The molecule has 0 atom stereocenters. The van der Waals surface area contributed by atoms with Gasteiger partial charge >= 0.3 is 0 Å². The van der Waals surface area contributed by atoms with Gasteiger partial charge in [0.25, 0.3) is 5.78 Å². The number of para-hydroxylation sites is 1. The van der Waals surface area contributed by atoms with Crippen LogP contribution in [0.25, 0.3) is 17.2 Å². The van der Waals surface area contributed by atoms with Crippen molar-refractivity contribution in [2.45, 2.75) is 46.5 Å². The molecule has 148 valence electrons. The van der Waals surface area contributed by atoms with Crippen molar-refractivity contribution >= 4 is 17.3 Å². The molecule has 0 fully saturated rings. The molecule has 0 spiro atoms. The van der Waals surface area contributed by atoms with Gasteiger partial charge in [-0.25, -0.2) is 4.98 Å². The van der Waals surface area contributed by atoms with Gasteiger partial charge in [0, 0.05) is 23.0 Å². The Morgan fingerprint density at radius 2 is 1.69 bits per heavy atom. The predicted molar refractivity (Wildman–Crippen MR) is 119 cm³/mol. The summed E-state index contributed by atoms with van der Waals surface area (Å²) < 4.78 is 1.78. The molecular formula is C24H27N5. The summed E-state index contributed by atoms with van der Waals surface area (Å²) in [6.45, 7) is 10.8. The second-order valence-corrected chi connectivity index (χ2v) is 8.39. The molecule has 0 aliphatic heterocycles. The van der Waals surface area contributed by atoms with Gasteiger partial charge in [0.05, 0.1) is 0 Å². The van der Waals surface area contributed by atoms with E-state index < -0.39 is 0 Å². The van der Waals surface area contributed by atoms with Gasteiger partial charge in [-0.2, -0.15) is 9.50 Å². The Morgan fingerprint density at radius 1 is 0.966 bits per heavy atom. The van der Waals surface area contributed by atoms with Crippen LogP contribution in [0.2, 0.25) is 0 Å². The van der Waals surface area contributed by atoms with Crippen LogP contribution in [0.4, 0.5) is 11.5 Å². The zero-order chi connectivity index (χ0) is 20.6. The molecule has 0 aliphatic carbocycles. The predicted octanol–water partition coefficient (Wildman–Crippen LogP) is 5.70. The number of aryl methyl sites for hydroxylation is 2. The van der Waals surface area contributed by atoms with Crippen molar-refractivity contribution in [3.8, 4) is 11.4 Å². The van der Waals surface area contributed by atoms with E-state index in [-0.39, 0.29) is 5.41 Å². The summed E-state index contributed by atoms with van der Waals surface area (Å²) >= 11 is 0. The van der Waals surface area contributed by atoms with Gasteiger partial charge in [0.2, 0.25) is 0 Å². The van der Waals surface area contributed by atoms with E-state index in [1.165, 1.54) is 11.1 Å². The van der Waals surface area contributed by atoms with Crippen LogP contribution in [0.5, 0.6) is 0 Å². The van der Waals surface area contributed by atoms with Gasteiger partial charge in [-0.05, 0) is 36.0 Å². The first-order valence-corrected chi connectivity index (χ1v) is 10.1. The Bertz CT molecular complexity index is 1150. The fourth-order valence-corrected chi connectivity index (χ4v) is 3.41. The van der Waals surface area contributed by atoms with Gasteiger partial charge < -0.3 is 5.32 Å². The van der Waals surface area contributed by atoms with Crippen molar-refractivity contribution in [1.82, 2.24) is 19.6 Å². The number of benzene rings is 2. The average molecular weight is 386 g/mol. The summed E-state index contributed by atoms with van der Waals surface area (Å²) in [5, 5.41) is 8.27. The van der Waals surface area contributed by atoms with Crippen LogP contribution in [-0.2, 0) is 11.8 Å². The van der Waals surface area contributed by atoms with Gasteiger partial charge in [-0.1, -0.05) is 70.2 Å². The quantitative estimate of drug-likeness (QED) is 0.489. The molecule has 0 bridgehead atoms. The number of hydrogen-bond acceptors (Lipinski definition) is 4. The van der Waals surface area contributed by atoms with E-state index in [1.54, 1.807) is 4.52 Å². The standard InChI is InChI=1S/C24H27N5/c1-6-17-9-7-8-10-20(17)26-21-15-16(2)25-23-27-22(28-29(21)23)18-11-13-19(14-12-18)24(3,4)5/h7-15,26H,6H2,1-5H3. The third-order valence-corrected chi connectivity index (χ3v) is 5.11. The molecule has 1 N–H and O–H groups in total. The summed E-state index contributed by atoms with van der Waals surface area (Å²) in [6.07, 6.45) is 0.957. The van der Waals surface area contributed by atoms with Crippen LogP contribution in [0.1, 0.15) is 44.5 Å². The summed E-state index contributed by atoms with van der Waals surface area (Å²) in [5.74, 6) is 2.13. The highest BCUT2D eigenvalue weighted by Gasteiger charge is 2.16. The topological polar surface area (TPSA) is 55.1 Å². The fourth-order valence-electron chi connectivity index (χ4n) is 3.41. The average Bonchev–Trinajstić information content (AvgIpc) is 3.12. The number of hydrogen-bond donors (Lipinski definition) is 1. The highest BCUT2D eigenvalue weighted by atomic mass is 15.4. The fraction of sp³-hybridized carbons (Fsp3) is 0.292. The smallest absolute Gasteiger partial charge is 0.254 e. The number of rotatable bonds is 4. The summed E-state index contributed by atoms with van der Waals surface area (Å²) in [7, 11) is 0. The molecule has 0 amide bonds. The summed E-state index contributed by atoms with van der Waals surface area (Å²) in [4.78, 5) is 9.25. The molecule has 2 aromatic heterocycles. The molecular weight excluding hydrogens is 358 g/mol. The van der Waals surface area contributed by atoms with Crippen LogP contribution in [-0.4, -0.2) is 19.6 Å². The molecule has 5 nitrogen and oxygen atoms in total. The van der Waals surface area contributed by atoms with E-state index >= 15 is 0 Å². The third-order valence-electron chi connectivity index (χ3n) is 5.11. The Balaban J connectivity index is 1.75. The molecule has 29 heavy (non-hydrogen) atoms. The van der Waals surface area contributed by atoms with Crippen molar-refractivity contribution < 1.29 is 0 Å². The lowest BCUT2D eigenvalue weighted by Gasteiger charge is -2.18. The summed E-state index contributed by atoms with van der Waals surface area (Å²) in [6, 6.07) is 18.8.